The van der Waals surface area contributed by atoms with E-state index >= 15 is 0 Å². The Balaban J connectivity index is -0.0000000895. The number of hydrogen-bond acceptors (Lipinski definition) is 6. The fraction of sp³-hybridized carbons (Fsp3) is 0.333. The van der Waals surface area contributed by atoms with Crippen LogP contribution in [0.5, 0.6) is 5.75 Å². The molecule has 2 saturated heterocycles. The molecule has 2 fully saturated rings. The number of benzene rings is 1. The van der Waals surface area contributed by atoms with Crippen LogP contribution in [0.25, 0.3) is 0 Å². The van der Waals surface area contributed by atoms with Crippen LogP contribution in [-0.2, 0) is 14.2 Å². The lowest BCUT2D eigenvalue weighted by atomic mass is 10.3. The summed E-state index contributed by atoms with van der Waals surface area (Å²) in [4.78, 5) is 0. The van der Waals surface area contributed by atoms with Gasteiger partial charge in [-0.1, -0.05) is 18.2 Å². The van der Waals surface area contributed by atoms with E-state index in [1.165, 1.54) is 0 Å². The van der Waals surface area contributed by atoms with Crippen LogP contribution in [0.1, 0.15) is 0 Å². The summed E-state index contributed by atoms with van der Waals surface area (Å²) in [6, 6.07) is 8.71. The van der Waals surface area contributed by atoms with Crippen LogP contribution in [0.4, 0.5) is 0 Å². The Bertz CT molecular complexity index is 368. The molecule has 2 atom stereocenters. The average molecular weight is 427 g/mol. The Morgan fingerprint density at radius 1 is 0.700 bits per heavy atom. The van der Waals surface area contributed by atoms with Crippen LogP contribution in [0.3, 0.4) is 0 Å². The predicted molar refractivity (Wildman–Crippen MR) is 129 cm³/mol. The van der Waals surface area contributed by atoms with E-state index in [9.17, 15) is 0 Å². The molecule has 0 aliphatic carbocycles. The summed E-state index contributed by atoms with van der Waals surface area (Å²) in [6.45, 7) is 33.0. The van der Waals surface area contributed by atoms with Gasteiger partial charge in [0.15, 0.2) is 0 Å². The van der Waals surface area contributed by atoms with Gasteiger partial charge in [-0.2, -0.15) is 0 Å². The average Bonchev–Trinajstić information content (AvgIpc) is 3.78. The third-order valence-corrected chi connectivity index (χ3v) is 2.27. The molecule has 0 spiro atoms. The topological polar surface area (TPSA) is 95.0 Å². The summed E-state index contributed by atoms with van der Waals surface area (Å²) >= 11 is 0. The lowest BCUT2D eigenvalue weighted by molar-refractivity contribution is 0.102. The quantitative estimate of drug-likeness (QED) is 0.483. The number of phenolic OH excluding ortho intramolecular Hbond substituents is 1. The van der Waals surface area contributed by atoms with E-state index in [0.717, 1.165) is 26.4 Å². The first-order chi connectivity index (χ1) is 14.8. The summed E-state index contributed by atoms with van der Waals surface area (Å²) in [7, 11) is 0. The van der Waals surface area contributed by atoms with Gasteiger partial charge < -0.3 is 29.5 Å². The molecule has 0 radical (unpaired) electrons. The molecule has 6 nitrogen and oxygen atoms in total. The molecule has 6 heteroatoms. The highest BCUT2D eigenvalue weighted by Crippen LogP contribution is 2.12. The van der Waals surface area contributed by atoms with Crippen LogP contribution in [0.2, 0.25) is 0 Å². The van der Waals surface area contributed by atoms with E-state index in [2.05, 4.69) is 65.8 Å². The highest BCUT2D eigenvalue weighted by Gasteiger charge is 2.26. The molecule has 2 unspecified atom stereocenters. The van der Waals surface area contributed by atoms with E-state index in [1.54, 1.807) is 24.3 Å². The van der Waals surface area contributed by atoms with Gasteiger partial charge in [0, 0.05) is 0 Å². The molecule has 2 heterocycles. The van der Waals surface area contributed by atoms with Crippen LogP contribution in [0.15, 0.2) is 96.1 Å². The van der Waals surface area contributed by atoms with Gasteiger partial charge in [0.05, 0.1) is 39.6 Å². The van der Waals surface area contributed by atoms with Crippen LogP contribution in [-0.4, -0.2) is 67.2 Å². The normalized spacial score (nSPS) is 15.3. The van der Waals surface area contributed by atoms with Crippen molar-refractivity contribution in [2.75, 3.05) is 39.6 Å². The molecule has 0 amide bonds. The second-order valence-corrected chi connectivity index (χ2v) is 4.23. The Labute approximate surface area is 183 Å². The first kappa shape index (κ1) is 38.2. The summed E-state index contributed by atoms with van der Waals surface area (Å²) in [5.74, 6) is 0.322. The maximum atomic E-state index is 8.63. The van der Waals surface area contributed by atoms with Gasteiger partial charge in [-0.15, -0.1) is 65.8 Å². The fourth-order valence-electron chi connectivity index (χ4n) is 1.09. The molecule has 2 aliphatic rings. The van der Waals surface area contributed by atoms with E-state index in [-0.39, 0.29) is 13.2 Å². The van der Waals surface area contributed by atoms with E-state index in [4.69, 9.17) is 29.5 Å². The summed E-state index contributed by atoms with van der Waals surface area (Å²) < 4.78 is 15.1. The van der Waals surface area contributed by atoms with Crippen molar-refractivity contribution in [3.63, 3.8) is 0 Å². The number of aromatic hydroxyl groups is 1. The first-order valence-corrected chi connectivity index (χ1v) is 9.03. The molecule has 3 rings (SSSR count). The second-order valence-electron chi connectivity index (χ2n) is 4.23. The zero-order chi connectivity index (χ0) is 24.6. The van der Waals surface area contributed by atoms with Crippen molar-refractivity contribution in [2.24, 2.45) is 0 Å². The van der Waals surface area contributed by atoms with Gasteiger partial charge >= 0.3 is 0 Å². The van der Waals surface area contributed by atoms with Gasteiger partial charge in [0.25, 0.3) is 0 Å². The highest BCUT2D eigenvalue weighted by molar-refractivity contribution is 5.18. The Kier molecular flexibility index (Phi) is 52.2. The number of ether oxygens (including phenoxy) is 3. The number of rotatable bonds is 5. The molecule has 0 bridgehead atoms. The number of epoxide rings is 2. The number of hydrogen-bond donors (Lipinski definition) is 3. The van der Waals surface area contributed by atoms with E-state index in [1.807, 2.05) is 6.07 Å². The van der Waals surface area contributed by atoms with Gasteiger partial charge in [0.1, 0.15) is 18.0 Å². The molecule has 0 aromatic heterocycles. The van der Waals surface area contributed by atoms with E-state index < -0.39 is 0 Å². The van der Waals surface area contributed by atoms with Crippen molar-refractivity contribution < 1.29 is 29.5 Å². The molecule has 174 valence electrons. The lowest BCUT2D eigenvalue weighted by Crippen LogP contribution is -2.06. The molecule has 1 aromatic carbocycles. The van der Waals surface area contributed by atoms with Crippen molar-refractivity contribution >= 4 is 0 Å². The van der Waals surface area contributed by atoms with Crippen molar-refractivity contribution in [3.05, 3.63) is 96.1 Å². The van der Waals surface area contributed by atoms with Crippen molar-refractivity contribution in [1.82, 2.24) is 0 Å². The molecule has 1 aromatic rings. The molecule has 3 N–H and O–H groups in total. The largest absolute Gasteiger partial charge is 0.508 e. The molecule has 0 saturated carbocycles. The fourth-order valence-corrected chi connectivity index (χ4v) is 1.09. The van der Waals surface area contributed by atoms with Gasteiger partial charge in [-0.25, -0.2) is 0 Å². The third-order valence-electron chi connectivity index (χ3n) is 2.27. The minimum Gasteiger partial charge on any atom is -0.508 e. The molecular formula is C24H42O6. The Morgan fingerprint density at radius 2 is 1.00 bits per heavy atom. The van der Waals surface area contributed by atoms with Crippen molar-refractivity contribution in [2.45, 2.75) is 12.2 Å². The summed E-state index contributed by atoms with van der Waals surface area (Å²) in [5, 5.41) is 23.9. The van der Waals surface area contributed by atoms with Gasteiger partial charge in [0.2, 0.25) is 0 Å². The maximum Gasteiger partial charge on any atom is 0.115 e. The molecular weight excluding hydrogens is 384 g/mol. The number of aliphatic hydroxyl groups excluding tert-OH is 2. The van der Waals surface area contributed by atoms with Crippen LogP contribution >= 0.6 is 0 Å². The lowest BCUT2D eigenvalue weighted by Gasteiger charge is -1.95. The maximum absolute atomic E-state index is 8.63. The zero-order valence-electron chi connectivity index (χ0n) is 18.4. The van der Waals surface area contributed by atoms with E-state index in [0.29, 0.717) is 18.0 Å². The SMILES string of the molecule is C(OCC1CO1)C1CO1.C=C.C=C.C=C.C=C.C=C.OCCO.Oc1ccccc1. The van der Waals surface area contributed by atoms with Crippen LogP contribution in [0, 0.1) is 0 Å². The highest BCUT2D eigenvalue weighted by atomic mass is 16.6. The molecule has 2 aliphatic heterocycles. The van der Waals surface area contributed by atoms with Gasteiger partial charge in [-0.3, -0.25) is 0 Å². The van der Waals surface area contributed by atoms with Crippen molar-refractivity contribution in [3.8, 4) is 5.75 Å². The smallest absolute Gasteiger partial charge is 0.115 e. The van der Waals surface area contributed by atoms with Crippen LogP contribution < -0.4 is 0 Å². The number of para-hydroxylation sites is 1. The standard InChI is InChI=1S/C6H10O3.C6H6O.C2H6O2.5C2H4/c1(5-3-8-5)7-2-6-4-9-6;7-6-4-2-1-3-5-6;3-1-2-4;5*1-2/h5-6H,1-4H2;1-5,7H;3-4H,1-2H2;5*1-2H2. The third kappa shape index (κ3) is 44.7. The Morgan fingerprint density at radius 3 is 1.17 bits per heavy atom. The number of phenols is 1. The monoisotopic (exact) mass is 426 g/mol. The second kappa shape index (κ2) is 41.0. The first-order valence-electron chi connectivity index (χ1n) is 9.03. The summed E-state index contributed by atoms with van der Waals surface area (Å²) in [5.41, 5.74) is 0. The number of aliphatic hydroxyl groups is 2. The predicted octanol–water partition coefficient (Wildman–Crippen LogP) is 4.17. The Hall–Kier alpha value is -2.48. The zero-order valence-corrected chi connectivity index (χ0v) is 18.4. The summed E-state index contributed by atoms with van der Waals surface area (Å²) in [6.07, 6.45) is 0.785. The van der Waals surface area contributed by atoms with Crippen molar-refractivity contribution in [1.29, 1.82) is 0 Å². The molecule has 30 heavy (non-hydrogen) atoms. The minimum absolute atomic E-state index is 0.125. The minimum atomic E-state index is -0.125. The van der Waals surface area contributed by atoms with Gasteiger partial charge in [-0.05, 0) is 12.1 Å².